The van der Waals surface area contributed by atoms with E-state index in [4.69, 9.17) is 0 Å². The Kier molecular flexibility index (Phi) is 4.61. The maximum atomic E-state index is 13.3. The summed E-state index contributed by atoms with van der Waals surface area (Å²) in [5.74, 6) is 0.541. The minimum Gasteiger partial charge on any atom is -0.339 e. The average Bonchev–Trinajstić information content (AvgIpc) is 2.55. The number of rotatable bonds is 4. The number of aromatic nitrogens is 3. The van der Waals surface area contributed by atoms with Crippen LogP contribution in [0.4, 0.5) is 27.5 Å². The minimum atomic E-state index is -0.315. The number of hydrogen-bond acceptors (Lipinski definition) is 5. The van der Waals surface area contributed by atoms with Crippen LogP contribution < -0.4 is 10.6 Å². The number of nitrogens with zero attached hydrogens (tertiary/aromatic N) is 3. The van der Waals surface area contributed by atoms with Crippen LogP contribution in [0.15, 0.2) is 54.7 Å². The van der Waals surface area contributed by atoms with Gasteiger partial charge in [-0.05, 0) is 35.2 Å². The van der Waals surface area contributed by atoms with Crippen molar-refractivity contribution in [3.05, 3.63) is 66.1 Å². The maximum absolute atomic E-state index is 13.3. The van der Waals surface area contributed by atoms with Gasteiger partial charge in [0.05, 0.1) is 6.20 Å². The lowest BCUT2D eigenvalue weighted by atomic mass is 9.86. The number of para-hydroxylation sites is 1. The molecule has 0 aliphatic carbocycles. The molecule has 0 saturated carbocycles. The van der Waals surface area contributed by atoms with Gasteiger partial charge in [0, 0.05) is 11.4 Å². The van der Waals surface area contributed by atoms with E-state index in [1.807, 2.05) is 18.2 Å². The topological polar surface area (TPSA) is 62.7 Å². The summed E-state index contributed by atoms with van der Waals surface area (Å²) in [6.07, 6.45) is 1.49. The van der Waals surface area contributed by atoms with Crippen molar-refractivity contribution < 1.29 is 4.39 Å². The van der Waals surface area contributed by atoms with Crippen LogP contribution in [-0.2, 0) is 5.41 Å². The summed E-state index contributed by atoms with van der Waals surface area (Å²) in [6, 6.07) is 14.2. The van der Waals surface area contributed by atoms with Gasteiger partial charge in [-0.1, -0.05) is 45.0 Å². The van der Waals surface area contributed by atoms with Gasteiger partial charge in [-0.3, -0.25) is 0 Å². The zero-order valence-electron chi connectivity index (χ0n) is 14.4. The number of hydrogen-bond donors (Lipinski definition) is 2. The van der Waals surface area contributed by atoms with Gasteiger partial charge in [0.15, 0.2) is 5.82 Å². The van der Waals surface area contributed by atoms with Crippen molar-refractivity contribution >= 4 is 23.1 Å². The third-order valence-corrected chi connectivity index (χ3v) is 3.64. The zero-order chi connectivity index (χ0) is 17.9. The summed E-state index contributed by atoms with van der Waals surface area (Å²) in [7, 11) is 0. The number of halogens is 1. The van der Waals surface area contributed by atoms with Crippen molar-refractivity contribution in [1.82, 2.24) is 15.2 Å². The fraction of sp³-hybridized carbons (Fsp3) is 0.211. The number of anilines is 4. The van der Waals surface area contributed by atoms with Crippen molar-refractivity contribution in [2.24, 2.45) is 0 Å². The van der Waals surface area contributed by atoms with Crippen LogP contribution in [-0.4, -0.2) is 15.2 Å². The van der Waals surface area contributed by atoms with Crippen molar-refractivity contribution in [2.75, 3.05) is 10.6 Å². The fourth-order valence-corrected chi connectivity index (χ4v) is 2.50. The lowest BCUT2D eigenvalue weighted by Gasteiger charge is -2.22. The molecular weight excluding hydrogens is 317 g/mol. The molecule has 5 nitrogen and oxygen atoms in total. The van der Waals surface area contributed by atoms with E-state index < -0.39 is 0 Å². The molecule has 6 heteroatoms. The molecule has 0 aliphatic heterocycles. The molecule has 1 aromatic heterocycles. The van der Waals surface area contributed by atoms with Crippen molar-refractivity contribution in [3.8, 4) is 0 Å². The molecule has 2 N–H and O–H groups in total. The van der Waals surface area contributed by atoms with Gasteiger partial charge < -0.3 is 10.6 Å². The Labute approximate surface area is 146 Å². The normalized spacial score (nSPS) is 11.2. The lowest BCUT2D eigenvalue weighted by molar-refractivity contribution is 0.592. The van der Waals surface area contributed by atoms with Gasteiger partial charge in [0.2, 0.25) is 5.95 Å². The summed E-state index contributed by atoms with van der Waals surface area (Å²) in [4.78, 5) is 4.40. The van der Waals surface area contributed by atoms with Crippen LogP contribution >= 0.6 is 0 Å². The molecule has 2 aromatic carbocycles. The first-order valence-electron chi connectivity index (χ1n) is 8.01. The Balaban J connectivity index is 1.83. The fourth-order valence-electron chi connectivity index (χ4n) is 2.50. The largest absolute Gasteiger partial charge is 0.339 e. The predicted octanol–water partition coefficient (Wildman–Crippen LogP) is 4.80. The van der Waals surface area contributed by atoms with E-state index in [1.165, 1.54) is 18.3 Å². The summed E-state index contributed by atoms with van der Waals surface area (Å²) < 4.78 is 13.3. The molecule has 0 amide bonds. The third kappa shape index (κ3) is 4.29. The summed E-state index contributed by atoms with van der Waals surface area (Å²) in [5.41, 5.74) is 2.66. The second-order valence-electron chi connectivity index (χ2n) is 6.72. The highest BCUT2D eigenvalue weighted by Crippen LogP contribution is 2.30. The van der Waals surface area contributed by atoms with Gasteiger partial charge in [0.25, 0.3) is 0 Å². The molecule has 0 aliphatic rings. The smallest absolute Gasteiger partial charge is 0.249 e. The number of nitrogens with one attached hydrogen (secondary N) is 2. The maximum Gasteiger partial charge on any atom is 0.249 e. The monoisotopic (exact) mass is 337 g/mol. The van der Waals surface area contributed by atoms with Gasteiger partial charge in [0.1, 0.15) is 5.82 Å². The average molecular weight is 337 g/mol. The first-order valence-corrected chi connectivity index (χ1v) is 8.01. The molecule has 3 rings (SSSR count). The molecule has 0 radical (unpaired) electrons. The standard InChI is InChI=1S/C19H20FN5/c1-19(2,3)15-9-4-5-10-16(15)23-18-24-17(12-21-25-18)22-14-8-6-7-13(20)11-14/h4-12H,1-3H3,(H2,22,23,24,25). The second kappa shape index (κ2) is 6.84. The highest BCUT2D eigenvalue weighted by Gasteiger charge is 2.18. The van der Waals surface area contributed by atoms with Crippen LogP contribution in [0.1, 0.15) is 26.3 Å². The van der Waals surface area contributed by atoms with Crippen LogP contribution in [0, 0.1) is 5.82 Å². The first-order chi connectivity index (χ1) is 11.9. The van der Waals surface area contributed by atoms with Crippen LogP contribution in [0.5, 0.6) is 0 Å². The minimum absolute atomic E-state index is 0.0194. The van der Waals surface area contributed by atoms with Crippen molar-refractivity contribution in [3.63, 3.8) is 0 Å². The quantitative estimate of drug-likeness (QED) is 0.716. The third-order valence-electron chi connectivity index (χ3n) is 3.64. The van der Waals surface area contributed by atoms with Gasteiger partial charge in [-0.25, -0.2) is 4.39 Å². The lowest BCUT2D eigenvalue weighted by Crippen LogP contribution is -2.14. The molecule has 0 unspecified atom stereocenters. The predicted molar refractivity (Wildman–Crippen MR) is 97.9 cm³/mol. The molecule has 0 bridgehead atoms. The number of benzene rings is 2. The molecule has 0 fully saturated rings. The molecule has 128 valence electrons. The van der Waals surface area contributed by atoms with E-state index in [2.05, 4.69) is 52.7 Å². The van der Waals surface area contributed by atoms with E-state index in [9.17, 15) is 4.39 Å². The molecule has 1 heterocycles. The van der Waals surface area contributed by atoms with E-state index in [1.54, 1.807) is 12.1 Å². The van der Waals surface area contributed by atoms with Gasteiger partial charge in [-0.2, -0.15) is 10.1 Å². The first kappa shape index (κ1) is 16.8. The highest BCUT2D eigenvalue weighted by molar-refractivity contribution is 5.62. The van der Waals surface area contributed by atoms with E-state index in [-0.39, 0.29) is 11.2 Å². The van der Waals surface area contributed by atoms with E-state index >= 15 is 0 Å². The SMILES string of the molecule is CC(C)(C)c1ccccc1Nc1nncc(Nc2cccc(F)c2)n1. The molecule has 25 heavy (non-hydrogen) atoms. The van der Waals surface area contributed by atoms with Crippen molar-refractivity contribution in [1.29, 1.82) is 0 Å². The Morgan fingerprint density at radius 2 is 1.76 bits per heavy atom. The van der Waals surface area contributed by atoms with E-state index in [0.29, 0.717) is 17.5 Å². The van der Waals surface area contributed by atoms with Gasteiger partial charge >= 0.3 is 0 Å². The van der Waals surface area contributed by atoms with Gasteiger partial charge in [-0.15, -0.1) is 5.10 Å². The Morgan fingerprint density at radius 3 is 2.52 bits per heavy atom. The Bertz CT molecular complexity index is 873. The van der Waals surface area contributed by atoms with Crippen LogP contribution in [0.3, 0.4) is 0 Å². The van der Waals surface area contributed by atoms with Crippen LogP contribution in [0.2, 0.25) is 0 Å². The van der Waals surface area contributed by atoms with Crippen molar-refractivity contribution in [2.45, 2.75) is 26.2 Å². The Hall–Kier alpha value is -3.02. The molecule has 0 spiro atoms. The molecule has 0 saturated heterocycles. The summed E-state index contributed by atoms with van der Waals surface area (Å²) in [6.45, 7) is 6.44. The highest BCUT2D eigenvalue weighted by atomic mass is 19.1. The second-order valence-corrected chi connectivity index (χ2v) is 6.72. The summed E-state index contributed by atoms with van der Waals surface area (Å²) >= 11 is 0. The molecule has 0 atom stereocenters. The molecular formula is C19H20FN5. The zero-order valence-corrected chi connectivity index (χ0v) is 14.4. The molecule has 3 aromatic rings. The van der Waals surface area contributed by atoms with E-state index in [0.717, 1.165) is 11.3 Å². The Morgan fingerprint density at radius 1 is 0.960 bits per heavy atom. The summed E-state index contributed by atoms with van der Waals surface area (Å²) in [5, 5.41) is 14.2. The van der Waals surface area contributed by atoms with Crippen LogP contribution in [0.25, 0.3) is 0 Å².